The number of halogens is 1. The lowest BCUT2D eigenvalue weighted by Gasteiger charge is -2.36. The van der Waals surface area contributed by atoms with Gasteiger partial charge in [-0.2, -0.15) is 0 Å². The molecule has 0 aromatic carbocycles. The molecule has 1 aliphatic carbocycles. The summed E-state index contributed by atoms with van der Waals surface area (Å²) in [5.74, 6) is 0.443. The van der Waals surface area contributed by atoms with Crippen LogP contribution in [0.4, 0.5) is 0 Å². The second-order valence-electron chi connectivity index (χ2n) is 4.66. The first-order valence-electron chi connectivity index (χ1n) is 5.60. The zero-order valence-electron chi connectivity index (χ0n) is 9.42. The Labute approximate surface area is 99.8 Å². The van der Waals surface area contributed by atoms with Crippen LogP contribution in [0.15, 0.2) is 0 Å². The smallest absolute Gasteiger partial charge is 0.237 e. The van der Waals surface area contributed by atoms with Gasteiger partial charge in [0.2, 0.25) is 5.91 Å². The van der Waals surface area contributed by atoms with E-state index in [4.69, 9.17) is 5.11 Å². The minimum absolute atomic E-state index is 0.0810. The molecular formula is C11H20BrNO2. The molecule has 0 spiro atoms. The molecule has 1 fully saturated rings. The quantitative estimate of drug-likeness (QED) is 0.754. The molecule has 0 radical (unpaired) electrons. The van der Waals surface area contributed by atoms with Gasteiger partial charge in [0.15, 0.2) is 0 Å². The Kier molecular flexibility index (Phi) is 4.59. The van der Waals surface area contributed by atoms with Gasteiger partial charge in [-0.3, -0.25) is 4.79 Å². The normalized spacial score (nSPS) is 20.9. The molecule has 0 aliphatic heterocycles. The van der Waals surface area contributed by atoms with Crippen molar-refractivity contribution in [2.24, 2.45) is 5.92 Å². The number of alkyl halides is 1. The summed E-state index contributed by atoms with van der Waals surface area (Å²) < 4.78 is -0.324. The van der Waals surface area contributed by atoms with E-state index in [9.17, 15) is 4.79 Å². The van der Waals surface area contributed by atoms with Gasteiger partial charge in [0.25, 0.3) is 0 Å². The highest BCUT2D eigenvalue weighted by atomic mass is 79.9. The van der Waals surface area contributed by atoms with Gasteiger partial charge in [-0.05, 0) is 31.6 Å². The summed E-state index contributed by atoms with van der Waals surface area (Å²) in [6, 6.07) is 0.0810. The van der Waals surface area contributed by atoms with Gasteiger partial charge in [0.1, 0.15) is 4.32 Å². The van der Waals surface area contributed by atoms with Gasteiger partial charge < -0.3 is 10.4 Å². The number of rotatable bonds is 5. The Balaban J connectivity index is 2.46. The number of hydrogen-bond acceptors (Lipinski definition) is 2. The molecule has 15 heavy (non-hydrogen) atoms. The van der Waals surface area contributed by atoms with Crippen LogP contribution >= 0.6 is 15.9 Å². The number of amides is 1. The molecule has 1 amide bonds. The van der Waals surface area contributed by atoms with E-state index < -0.39 is 0 Å². The number of aliphatic hydroxyl groups is 1. The highest BCUT2D eigenvalue weighted by molar-refractivity contribution is 9.10. The van der Waals surface area contributed by atoms with Crippen molar-refractivity contribution in [1.82, 2.24) is 5.32 Å². The molecule has 3 nitrogen and oxygen atoms in total. The third kappa shape index (κ3) is 3.18. The summed E-state index contributed by atoms with van der Waals surface area (Å²) in [5.41, 5.74) is 0. The van der Waals surface area contributed by atoms with Crippen LogP contribution in [0.3, 0.4) is 0 Å². The van der Waals surface area contributed by atoms with E-state index >= 15 is 0 Å². The fourth-order valence-electron chi connectivity index (χ4n) is 1.72. The van der Waals surface area contributed by atoms with E-state index in [0.29, 0.717) is 12.3 Å². The third-order valence-corrected chi connectivity index (χ3v) is 4.27. The lowest BCUT2D eigenvalue weighted by Crippen LogP contribution is -2.51. The van der Waals surface area contributed by atoms with E-state index in [-0.39, 0.29) is 22.9 Å². The van der Waals surface area contributed by atoms with Crippen molar-refractivity contribution in [1.29, 1.82) is 0 Å². The van der Waals surface area contributed by atoms with E-state index in [2.05, 4.69) is 35.1 Å². The first-order chi connectivity index (χ1) is 6.99. The van der Waals surface area contributed by atoms with E-state index in [0.717, 1.165) is 19.3 Å². The first kappa shape index (κ1) is 13.0. The molecule has 2 N–H and O–H groups in total. The Morgan fingerprint density at radius 2 is 2.13 bits per heavy atom. The van der Waals surface area contributed by atoms with Crippen molar-refractivity contribution >= 4 is 21.8 Å². The molecule has 0 aromatic rings. The number of carbonyl (C=O) groups is 1. The average Bonchev–Trinajstić information content (AvgIpc) is 2.13. The van der Waals surface area contributed by atoms with Gasteiger partial charge >= 0.3 is 0 Å². The second-order valence-corrected chi connectivity index (χ2v) is 6.17. The molecule has 1 aliphatic rings. The molecule has 1 unspecified atom stereocenters. The van der Waals surface area contributed by atoms with Crippen LogP contribution in [-0.2, 0) is 4.79 Å². The lowest BCUT2D eigenvalue weighted by atomic mass is 9.84. The number of aliphatic hydroxyl groups excluding tert-OH is 1. The van der Waals surface area contributed by atoms with E-state index in [1.807, 2.05) is 0 Å². The van der Waals surface area contributed by atoms with Crippen molar-refractivity contribution in [2.45, 2.75) is 49.9 Å². The fraction of sp³-hybridized carbons (Fsp3) is 0.909. The SMILES string of the molecule is CC(C)C(CCO)NC(=O)C1(Br)CCC1. The fourth-order valence-corrected chi connectivity index (χ4v) is 2.40. The van der Waals surface area contributed by atoms with Crippen LogP contribution in [0.2, 0.25) is 0 Å². The Hall–Kier alpha value is -0.0900. The minimum Gasteiger partial charge on any atom is -0.396 e. The summed E-state index contributed by atoms with van der Waals surface area (Å²) in [7, 11) is 0. The Morgan fingerprint density at radius 3 is 2.47 bits per heavy atom. The molecule has 88 valence electrons. The van der Waals surface area contributed by atoms with Crippen LogP contribution in [-0.4, -0.2) is 28.0 Å². The lowest BCUT2D eigenvalue weighted by molar-refractivity contribution is -0.126. The van der Waals surface area contributed by atoms with Gasteiger partial charge in [-0.25, -0.2) is 0 Å². The largest absolute Gasteiger partial charge is 0.396 e. The van der Waals surface area contributed by atoms with Gasteiger partial charge in [0, 0.05) is 12.6 Å². The first-order valence-corrected chi connectivity index (χ1v) is 6.39. The van der Waals surface area contributed by atoms with Crippen molar-refractivity contribution in [3.8, 4) is 0 Å². The number of carbonyl (C=O) groups excluding carboxylic acids is 1. The molecule has 0 heterocycles. The number of hydrogen-bond donors (Lipinski definition) is 2. The predicted octanol–water partition coefficient (Wildman–Crippen LogP) is 1.83. The highest BCUT2D eigenvalue weighted by Gasteiger charge is 2.42. The molecule has 0 saturated heterocycles. The van der Waals surface area contributed by atoms with Gasteiger partial charge in [-0.1, -0.05) is 29.8 Å². The highest BCUT2D eigenvalue weighted by Crippen LogP contribution is 2.40. The van der Waals surface area contributed by atoms with Crippen LogP contribution in [0.5, 0.6) is 0 Å². The average molecular weight is 278 g/mol. The van der Waals surface area contributed by atoms with Crippen molar-refractivity contribution in [3.63, 3.8) is 0 Å². The van der Waals surface area contributed by atoms with E-state index in [1.165, 1.54) is 0 Å². The van der Waals surface area contributed by atoms with Crippen molar-refractivity contribution in [2.75, 3.05) is 6.61 Å². The summed E-state index contributed by atoms with van der Waals surface area (Å²) >= 11 is 3.49. The van der Waals surface area contributed by atoms with Crippen LogP contribution in [0.1, 0.15) is 39.5 Å². The van der Waals surface area contributed by atoms with Gasteiger partial charge in [-0.15, -0.1) is 0 Å². The minimum atomic E-state index is -0.324. The Morgan fingerprint density at radius 1 is 1.53 bits per heavy atom. The maximum absolute atomic E-state index is 11.9. The number of nitrogens with one attached hydrogen (secondary N) is 1. The maximum Gasteiger partial charge on any atom is 0.237 e. The van der Waals surface area contributed by atoms with E-state index in [1.54, 1.807) is 0 Å². The topological polar surface area (TPSA) is 49.3 Å². The van der Waals surface area contributed by atoms with Crippen LogP contribution < -0.4 is 5.32 Å². The van der Waals surface area contributed by atoms with Crippen molar-refractivity contribution in [3.05, 3.63) is 0 Å². The molecule has 0 bridgehead atoms. The van der Waals surface area contributed by atoms with Crippen LogP contribution in [0, 0.1) is 5.92 Å². The molecule has 1 atom stereocenters. The predicted molar refractivity (Wildman–Crippen MR) is 64.0 cm³/mol. The molecule has 0 aromatic heterocycles. The Bertz CT molecular complexity index is 227. The standard InChI is InChI=1S/C11H20BrNO2/c1-8(2)9(4-7-14)13-10(15)11(12)5-3-6-11/h8-9,14H,3-7H2,1-2H3,(H,13,15). The zero-order valence-corrected chi connectivity index (χ0v) is 11.0. The summed E-state index contributed by atoms with van der Waals surface area (Å²) in [6.45, 7) is 4.24. The third-order valence-electron chi connectivity index (χ3n) is 3.11. The maximum atomic E-state index is 11.9. The molecule has 4 heteroatoms. The summed E-state index contributed by atoms with van der Waals surface area (Å²) in [4.78, 5) is 11.9. The summed E-state index contributed by atoms with van der Waals surface area (Å²) in [6.07, 6.45) is 3.59. The second kappa shape index (κ2) is 5.30. The van der Waals surface area contributed by atoms with Crippen molar-refractivity contribution < 1.29 is 9.90 Å². The monoisotopic (exact) mass is 277 g/mol. The molecular weight excluding hydrogens is 258 g/mol. The molecule has 1 saturated carbocycles. The summed E-state index contributed by atoms with van der Waals surface area (Å²) in [5, 5.41) is 11.9. The zero-order chi connectivity index (χ0) is 11.5. The van der Waals surface area contributed by atoms with Gasteiger partial charge in [0.05, 0.1) is 0 Å². The molecule has 1 rings (SSSR count). The van der Waals surface area contributed by atoms with Crippen LogP contribution in [0.25, 0.3) is 0 Å².